The average Bonchev–Trinajstić information content (AvgIpc) is 3.11. The molecule has 0 bridgehead atoms. The number of carbonyl (C=O) groups is 1. The van der Waals surface area contributed by atoms with E-state index in [1.807, 2.05) is 29.2 Å². The molecule has 1 aromatic carbocycles. The van der Waals surface area contributed by atoms with Crippen molar-refractivity contribution in [1.82, 2.24) is 14.9 Å². The van der Waals surface area contributed by atoms with Crippen LogP contribution in [0.2, 0.25) is 0 Å². The Balaban J connectivity index is 1.72. The summed E-state index contributed by atoms with van der Waals surface area (Å²) in [5.41, 5.74) is 1.59. The van der Waals surface area contributed by atoms with Crippen LogP contribution in [-0.2, 0) is 5.41 Å². The van der Waals surface area contributed by atoms with Gasteiger partial charge in [-0.2, -0.15) is 0 Å². The van der Waals surface area contributed by atoms with E-state index in [0.29, 0.717) is 5.69 Å². The lowest BCUT2D eigenvalue weighted by atomic mass is 9.96. The standard InChI is InChI=1S/C20H26N4O2/c1-20(2,3)18-21-12-15(13-22-18)23-19(25)24-10-6-9-17(24)14-7-5-8-16(11-14)26-4/h5,7-8,11-13,17H,6,9-10H2,1-4H3,(H,23,25). The molecule has 3 rings (SSSR count). The van der Waals surface area contributed by atoms with Crippen LogP contribution in [-0.4, -0.2) is 34.6 Å². The van der Waals surface area contributed by atoms with Crippen LogP contribution in [0.1, 0.15) is 51.0 Å². The Hall–Kier alpha value is -2.63. The van der Waals surface area contributed by atoms with Gasteiger partial charge in [0.25, 0.3) is 0 Å². The smallest absolute Gasteiger partial charge is 0.322 e. The van der Waals surface area contributed by atoms with Gasteiger partial charge in [-0.1, -0.05) is 32.9 Å². The third kappa shape index (κ3) is 3.95. The van der Waals surface area contributed by atoms with Gasteiger partial charge in [-0.3, -0.25) is 0 Å². The van der Waals surface area contributed by atoms with Gasteiger partial charge < -0.3 is 15.0 Å². The summed E-state index contributed by atoms with van der Waals surface area (Å²) < 4.78 is 5.31. The van der Waals surface area contributed by atoms with Crippen molar-refractivity contribution in [2.75, 3.05) is 19.0 Å². The normalized spacial score (nSPS) is 17.2. The number of aromatic nitrogens is 2. The molecule has 1 aliphatic heterocycles. The number of amides is 2. The van der Waals surface area contributed by atoms with Gasteiger partial charge >= 0.3 is 6.03 Å². The maximum atomic E-state index is 12.8. The third-order valence-corrected chi connectivity index (χ3v) is 4.57. The fraction of sp³-hybridized carbons (Fsp3) is 0.450. The number of nitrogens with zero attached hydrogens (tertiary/aromatic N) is 3. The van der Waals surface area contributed by atoms with Crippen molar-refractivity contribution in [2.45, 2.75) is 45.1 Å². The van der Waals surface area contributed by atoms with E-state index in [4.69, 9.17) is 4.74 Å². The van der Waals surface area contributed by atoms with E-state index in [-0.39, 0.29) is 17.5 Å². The molecular weight excluding hydrogens is 328 g/mol. The largest absolute Gasteiger partial charge is 0.497 e. The third-order valence-electron chi connectivity index (χ3n) is 4.57. The van der Waals surface area contributed by atoms with Crippen LogP contribution in [0, 0.1) is 0 Å². The Bertz CT molecular complexity index is 768. The second kappa shape index (κ2) is 7.32. The zero-order chi connectivity index (χ0) is 18.7. The molecule has 1 atom stereocenters. The summed E-state index contributed by atoms with van der Waals surface area (Å²) in [5.74, 6) is 1.56. The molecule has 1 aromatic heterocycles. The maximum Gasteiger partial charge on any atom is 0.322 e. The highest BCUT2D eigenvalue weighted by Gasteiger charge is 2.30. The minimum Gasteiger partial charge on any atom is -0.497 e. The molecule has 0 radical (unpaired) electrons. The van der Waals surface area contributed by atoms with E-state index < -0.39 is 0 Å². The number of hydrogen-bond donors (Lipinski definition) is 1. The van der Waals surface area contributed by atoms with Crippen molar-refractivity contribution in [3.8, 4) is 5.75 Å². The number of hydrogen-bond acceptors (Lipinski definition) is 4. The zero-order valence-corrected chi connectivity index (χ0v) is 15.8. The van der Waals surface area contributed by atoms with E-state index in [0.717, 1.165) is 36.5 Å². The number of urea groups is 1. The minimum absolute atomic E-state index is 0.0554. The Kier molecular flexibility index (Phi) is 5.11. The van der Waals surface area contributed by atoms with Crippen LogP contribution in [0.15, 0.2) is 36.7 Å². The SMILES string of the molecule is COc1cccc(C2CCCN2C(=O)Nc2cnc(C(C)(C)C)nc2)c1. The number of ether oxygens (including phenoxy) is 1. The van der Waals surface area contributed by atoms with Gasteiger partial charge in [0, 0.05) is 12.0 Å². The minimum atomic E-state index is -0.123. The Labute approximate surface area is 154 Å². The molecular formula is C20H26N4O2. The van der Waals surface area contributed by atoms with Crippen LogP contribution in [0.5, 0.6) is 5.75 Å². The first-order chi connectivity index (χ1) is 12.4. The van der Waals surface area contributed by atoms with Gasteiger partial charge in [0.15, 0.2) is 0 Å². The number of carbonyl (C=O) groups excluding carboxylic acids is 1. The monoisotopic (exact) mass is 354 g/mol. The van der Waals surface area contributed by atoms with E-state index in [2.05, 4.69) is 36.1 Å². The van der Waals surface area contributed by atoms with Gasteiger partial charge in [0.2, 0.25) is 0 Å². The first kappa shape index (κ1) is 18.2. The quantitative estimate of drug-likeness (QED) is 0.899. The summed E-state index contributed by atoms with van der Waals surface area (Å²) >= 11 is 0. The van der Waals surface area contributed by atoms with Crippen molar-refractivity contribution < 1.29 is 9.53 Å². The van der Waals surface area contributed by atoms with Crippen molar-refractivity contribution in [1.29, 1.82) is 0 Å². The van der Waals surface area contributed by atoms with Gasteiger partial charge in [0.05, 0.1) is 31.2 Å². The van der Waals surface area contributed by atoms with Gasteiger partial charge in [0.1, 0.15) is 11.6 Å². The summed E-state index contributed by atoms with van der Waals surface area (Å²) in [7, 11) is 1.65. The number of methoxy groups -OCH3 is 1. The molecule has 0 saturated carbocycles. The molecule has 2 heterocycles. The van der Waals surface area contributed by atoms with E-state index >= 15 is 0 Å². The highest BCUT2D eigenvalue weighted by Crippen LogP contribution is 2.33. The maximum absolute atomic E-state index is 12.8. The number of benzene rings is 1. The molecule has 1 fully saturated rings. The highest BCUT2D eigenvalue weighted by atomic mass is 16.5. The molecule has 2 aromatic rings. The zero-order valence-electron chi connectivity index (χ0n) is 15.8. The topological polar surface area (TPSA) is 67.3 Å². The van der Waals surface area contributed by atoms with Crippen molar-refractivity contribution in [3.63, 3.8) is 0 Å². The molecule has 0 spiro atoms. The molecule has 6 heteroatoms. The second-order valence-electron chi connectivity index (χ2n) is 7.60. The number of anilines is 1. The van der Waals surface area contributed by atoms with E-state index in [1.54, 1.807) is 19.5 Å². The van der Waals surface area contributed by atoms with E-state index in [1.165, 1.54) is 0 Å². The van der Waals surface area contributed by atoms with Crippen LogP contribution in [0.3, 0.4) is 0 Å². The molecule has 138 valence electrons. The number of likely N-dealkylation sites (tertiary alicyclic amines) is 1. The van der Waals surface area contributed by atoms with Gasteiger partial charge in [-0.05, 0) is 30.5 Å². The van der Waals surface area contributed by atoms with Crippen molar-refractivity contribution in [3.05, 3.63) is 48.0 Å². The Morgan fingerprint density at radius 3 is 2.65 bits per heavy atom. The fourth-order valence-electron chi connectivity index (χ4n) is 3.18. The highest BCUT2D eigenvalue weighted by molar-refractivity contribution is 5.89. The first-order valence-electron chi connectivity index (χ1n) is 8.92. The molecule has 2 amide bonds. The summed E-state index contributed by atoms with van der Waals surface area (Å²) in [6.45, 7) is 6.91. The summed E-state index contributed by atoms with van der Waals surface area (Å²) in [6.07, 6.45) is 5.26. The lowest BCUT2D eigenvalue weighted by molar-refractivity contribution is 0.207. The Morgan fingerprint density at radius 2 is 2.00 bits per heavy atom. The molecule has 26 heavy (non-hydrogen) atoms. The molecule has 1 aliphatic rings. The molecule has 6 nitrogen and oxygen atoms in total. The van der Waals surface area contributed by atoms with Crippen LogP contribution >= 0.6 is 0 Å². The number of rotatable bonds is 3. The Morgan fingerprint density at radius 1 is 1.27 bits per heavy atom. The second-order valence-corrected chi connectivity index (χ2v) is 7.60. The van der Waals surface area contributed by atoms with E-state index in [9.17, 15) is 4.79 Å². The molecule has 0 aliphatic carbocycles. The predicted octanol–water partition coefficient (Wildman–Crippen LogP) is 4.15. The van der Waals surface area contributed by atoms with Gasteiger partial charge in [-0.15, -0.1) is 0 Å². The summed E-state index contributed by atoms with van der Waals surface area (Å²) in [4.78, 5) is 23.4. The predicted molar refractivity (Wildman–Crippen MR) is 101 cm³/mol. The molecule has 1 saturated heterocycles. The van der Waals surface area contributed by atoms with Crippen molar-refractivity contribution >= 4 is 11.7 Å². The number of nitrogens with one attached hydrogen (secondary N) is 1. The van der Waals surface area contributed by atoms with Crippen LogP contribution in [0.25, 0.3) is 0 Å². The lowest BCUT2D eigenvalue weighted by Crippen LogP contribution is -2.34. The summed E-state index contributed by atoms with van der Waals surface area (Å²) in [5, 5.41) is 2.92. The molecule has 1 unspecified atom stereocenters. The van der Waals surface area contributed by atoms with Crippen LogP contribution < -0.4 is 10.1 Å². The van der Waals surface area contributed by atoms with Crippen LogP contribution in [0.4, 0.5) is 10.5 Å². The molecule has 1 N–H and O–H groups in total. The average molecular weight is 354 g/mol. The summed E-state index contributed by atoms with van der Waals surface area (Å²) in [6, 6.07) is 7.85. The first-order valence-corrected chi connectivity index (χ1v) is 8.92. The lowest BCUT2D eigenvalue weighted by Gasteiger charge is -2.25. The van der Waals surface area contributed by atoms with Gasteiger partial charge in [-0.25, -0.2) is 14.8 Å². The fourth-order valence-corrected chi connectivity index (χ4v) is 3.18. The van der Waals surface area contributed by atoms with Crippen molar-refractivity contribution in [2.24, 2.45) is 0 Å².